The summed E-state index contributed by atoms with van der Waals surface area (Å²) in [7, 11) is 0. The zero-order valence-electron chi connectivity index (χ0n) is 29.4. The van der Waals surface area contributed by atoms with E-state index >= 15 is 4.79 Å². The average Bonchev–Trinajstić information content (AvgIpc) is 3.53. The van der Waals surface area contributed by atoms with Gasteiger partial charge in [-0.3, -0.25) is 34.3 Å². The van der Waals surface area contributed by atoms with Crippen LogP contribution >= 0.6 is 0 Å². The van der Waals surface area contributed by atoms with Crippen molar-refractivity contribution in [3.63, 3.8) is 0 Å². The number of carbonyl (C=O) groups excluding carboxylic acids is 4. The fourth-order valence-corrected chi connectivity index (χ4v) is 9.66. The predicted molar refractivity (Wildman–Crippen MR) is 197 cm³/mol. The van der Waals surface area contributed by atoms with E-state index in [-0.39, 0.29) is 37.0 Å². The Morgan fingerprint density at radius 2 is 1.53 bits per heavy atom. The Morgan fingerprint density at radius 1 is 0.811 bits per heavy atom. The van der Waals surface area contributed by atoms with Gasteiger partial charge in [0.15, 0.2) is 0 Å². The van der Waals surface area contributed by atoms with Gasteiger partial charge in [-0.05, 0) is 73.2 Å². The maximum absolute atomic E-state index is 15.4. The number of benzene rings is 4. The number of allylic oxidation sites excluding steroid dienone is 2. The number of imide groups is 2. The smallest absolute Gasteiger partial charge is 0.303 e. The first-order chi connectivity index (χ1) is 25.6. The molecule has 8 rings (SSSR count). The molecule has 2 heterocycles. The third-order valence-corrected chi connectivity index (χ3v) is 12.0. The fraction of sp³-hybridized carbons (Fsp3) is 0.326. The van der Waals surface area contributed by atoms with Gasteiger partial charge in [-0.15, -0.1) is 0 Å². The molecule has 2 saturated heterocycles. The summed E-state index contributed by atoms with van der Waals surface area (Å²) in [6.07, 6.45) is 4.11. The third kappa shape index (κ3) is 5.42. The Labute approximate surface area is 307 Å². The van der Waals surface area contributed by atoms with Crippen LogP contribution in [0.5, 0.6) is 5.75 Å². The first kappa shape index (κ1) is 34.3. The van der Waals surface area contributed by atoms with Crippen molar-refractivity contribution in [3.05, 3.63) is 119 Å². The first-order valence-electron chi connectivity index (χ1n) is 18.4. The molecular weight excluding hydrogens is 670 g/mol. The maximum Gasteiger partial charge on any atom is 0.303 e. The quantitative estimate of drug-likeness (QED) is 0.0963. The van der Waals surface area contributed by atoms with Crippen LogP contribution in [0.2, 0.25) is 0 Å². The van der Waals surface area contributed by atoms with Crippen LogP contribution in [-0.4, -0.2) is 56.3 Å². The van der Waals surface area contributed by atoms with Gasteiger partial charge in [-0.25, -0.2) is 0 Å². The number of phenols is 1. The number of amides is 4. The molecule has 0 bridgehead atoms. The van der Waals surface area contributed by atoms with E-state index < -0.39 is 52.8 Å². The topological polar surface area (TPSA) is 144 Å². The van der Waals surface area contributed by atoms with Crippen molar-refractivity contribution in [1.29, 1.82) is 0 Å². The van der Waals surface area contributed by atoms with E-state index in [0.717, 1.165) is 27.1 Å². The van der Waals surface area contributed by atoms with Crippen LogP contribution < -0.4 is 5.43 Å². The summed E-state index contributed by atoms with van der Waals surface area (Å²) < 4.78 is 0. The van der Waals surface area contributed by atoms with E-state index in [1.54, 1.807) is 6.07 Å². The molecular formula is C43H41N3O7. The normalized spacial score (nSPS) is 26.4. The molecule has 3 N–H and O–H groups in total. The largest absolute Gasteiger partial charge is 0.507 e. The van der Waals surface area contributed by atoms with Gasteiger partial charge in [0.2, 0.25) is 11.8 Å². The molecule has 0 aromatic heterocycles. The fourth-order valence-electron chi connectivity index (χ4n) is 9.66. The lowest BCUT2D eigenvalue weighted by Crippen LogP contribution is -2.53. The highest BCUT2D eigenvalue weighted by Crippen LogP contribution is 2.64. The molecule has 10 nitrogen and oxygen atoms in total. The van der Waals surface area contributed by atoms with Crippen LogP contribution in [0.25, 0.3) is 10.8 Å². The molecule has 4 aromatic carbocycles. The van der Waals surface area contributed by atoms with Crippen LogP contribution in [0.15, 0.2) is 103 Å². The summed E-state index contributed by atoms with van der Waals surface area (Å²) in [5, 5.41) is 22.5. The van der Waals surface area contributed by atoms with Crippen molar-refractivity contribution in [2.45, 2.75) is 56.8 Å². The summed E-state index contributed by atoms with van der Waals surface area (Å²) in [4.78, 5) is 70.9. The predicted octanol–water partition coefficient (Wildman–Crippen LogP) is 6.48. The number of phenolic OH excluding ortho intramolecular Hbond substituents is 1. The van der Waals surface area contributed by atoms with Gasteiger partial charge in [0.1, 0.15) is 5.75 Å². The van der Waals surface area contributed by atoms with E-state index in [1.165, 1.54) is 4.90 Å². The van der Waals surface area contributed by atoms with E-state index in [2.05, 4.69) is 5.43 Å². The van der Waals surface area contributed by atoms with Crippen molar-refractivity contribution in [2.75, 3.05) is 12.0 Å². The highest BCUT2D eigenvalue weighted by atomic mass is 16.4. The van der Waals surface area contributed by atoms with Gasteiger partial charge in [-0.1, -0.05) is 96.4 Å². The number of nitrogens with one attached hydrogen (secondary N) is 1. The molecule has 6 atom stereocenters. The Kier molecular flexibility index (Phi) is 8.63. The Hall–Kier alpha value is -5.77. The van der Waals surface area contributed by atoms with E-state index in [4.69, 9.17) is 5.11 Å². The van der Waals surface area contributed by atoms with Crippen LogP contribution in [0.1, 0.15) is 61.1 Å². The number of rotatable bonds is 10. The number of hydrogen-bond donors (Lipinski definition) is 3. The molecule has 10 heteroatoms. The van der Waals surface area contributed by atoms with E-state index in [1.807, 2.05) is 97.9 Å². The number of anilines is 1. The number of aromatic hydroxyl groups is 1. The number of carboxylic acids is 1. The Bertz CT molecular complexity index is 2180. The Balaban J connectivity index is 1.28. The number of carboxylic acid groups (broad SMARTS) is 1. The summed E-state index contributed by atoms with van der Waals surface area (Å²) in [6.45, 7) is 2.17. The lowest BCUT2D eigenvalue weighted by atomic mass is 9.49. The number of aryl methyl sites for hydroxylation is 1. The molecule has 2 aliphatic heterocycles. The first-order valence-corrected chi connectivity index (χ1v) is 18.4. The zero-order valence-corrected chi connectivity index (χ0v) is 29.4. The number of nitrogens with zero attached hydrogens (tertiary/aromatic N) is 2. The second-order valence-electron chi connectivity index (χ2n) is 14.8. The molecule has 0 radical (unpaired) electrons. The SMILES string of the molecule is Cc1ccc(NN2C(=O)[C@@H]3C[C@@H]4C(=CC[C@@H]5C(=O)N(CCCCCC(=O)O)C(=O)[C@@H]54)[C@H](c4ccc(O)c5ccccc45)[C@]3(c3ccccc3)C2=O)cc1. The number of unbranched alkanes of at least 4 members (excludes halogenated alkanes) is 2. The summed E-state index contributed by atoms with van der Waals surface area (Å²) in [6, 6.07) is 27.8. The van der Waals surface area contributed by atoms with Crippen molar-refractivity contribution in [2.24, 2.45) is 23.7 Å². The lowest BCUT2D eigenvalue weighted by Gasteiger charge is -2.51. The Morgan fingerprint density at radius 3 is 2.26 bits per heavy atom. The van der Waals surface area contributed by atoms with Gasteiger partial charge in [0.25, 0.3) is 11.8 Å². The van der Waals surface area contributed by atoms with Gasteiger partial charge in [0, 0.05) is 24.3 Å². The minimum absolute atomic E-state index is 0.0307. The molecule has 53 heavy (non-hydrogen) atoms. The molecule has 0 unspecified atom stereocenters. The van der Waals surface area contributed by atoms with Crippen molar-refractivity contribution < 1.29 is 34.2 Å². The van der Waals surface area contributed by atoms with Gasteiger partial charge in [-0.2, -0.15) is 5.01 Å². The molecule has 2 aliphatic carbocycles. The van der Waals surface area contributed by atoms with E-state index in [9.17, 15) is 24.3 Å². The van der Waals surface area contributed by atoms with Crippen LogP contribution in [-0.2, 0) is 29.4 Å². The van der Waals surface area contributed by atoms with Gasteiger partial charge < -0.3 is 10.2 Å². The highest BCUT2D eigenvalue weighted by Gasteiger charge is 2.70. The molecule has 4 aliphatic rings. The molecule has 3 fully saturated rings. The monoisotopic (exact) mass is 711 g/mol. The molecule has 270 valence electrons. The number of hydrogen-bond acceptors (Lipinski definition) is 7. The number of fused-ring (bicyclic) bond motifs is 5. The highest BCUT2D eigenvalue weighted by molar-refractivity contribution is 6.13. The summed E-state index contributed by atoms with van der Waals surface area (Å²) in [5.74, 6) is -5.51. The van der Waals surface area contributed by atoms with E-state index in [0.29, 0.717) is 42.3 Å². The maximum atomic E-state index is 15.4. The minimum atomic E-state index is -1.42. The number of aliphatic carboxylic acids is 1. The third-order valence-electron chi connectivity index (χ3n) is 12.0. The standard InChI is InChI=1S/C43H41N3O7/c1-25-15-17-27(18-16-25)44-46-40(51)34-24-33-31(19-20-32-37(33)41(52)45(39(32)50)23-9-3-6-14-36(48)49)38(43(34,42(46)53)26-10-4-2-5-11-26)30-21-22-35(47)29-13-8-7-12-28(29)30/h2,4-5,7-8,10-13,15-19,21-22,32-34,37-38,44,47H,3,6,9,14,20,23-24H2,1H3,(H,48,49)/t32-,33+,34-,37-,38-,43+/m0/s1. The number of carbonyl (C=O) groups is 5. The van der Waals surface area contributed by atoms with Crippen molar-refractivity contribution in [3.8, 4) is 5.75 Å². The van der Waals surface area contributed by atoms with Crippen molar-refractivity contribution >= 4 is 46.1 Å². The van der Waals surface area contributed by atoms with Crippen LogP contribution in [0.3, 0.4) is 0 Å². The van der Waals surface area contributed by atoms with Crippen LogP contribution in [0, 0.1) is 30.6 Å². The second kappa shape index (κ2) is 13.3. The number of hydrazine groups is 1. The number of likely N-dealkylation sites (tertiary alicyclic amines) is 1. The van der Waals surface area contributed by atoms with Gasteiger partial charge in [0.05, 0.1) is 28.9 Å². The minimum Gasteiger partial charge on any atom is -0.507 e. The molecule has 4 aromatic rings. The molecule has 0 spiro atoms. The van der Waals surface area contributed by atoms with Gasteiger partial charge >= 0.3 is 5.97 Å². The average molecular weight is 712 g/mol. The zero-order chi connectivity index (χ0) is 37.0. The molecule has 4 amide bonds. The van der Waals surface area contributed by atoms with Crippen molar-refractivity contribution in [1.82, 2.24) is 9.91 Å². The summed E-state index contributed by atoms with van der Waals surface area (Å²) in [5.41, 5.74) is 5.61. The lowest BCUT2D eigenvalue weighted by molar-refractivity contribution is -0.141. The molecule has 1 saturated carbocycles. The summed E-state index contributed by atoms with van der Waals surface area (Å²) >= 11 is 0. The van der Waals surface area contributed by atoms with Crippen LogP contribution in [0.4, 0.5) is 5.69 Å². The second-order valence-corrected chi connectivity index (χ2v) is 14.8.